The monoisotopic (exact) mass is 751 g/mol. The molecule has 6 fully saturated rings. The maximum atomic E-state index is 6.29. The van der Waals surface area contributed by atoms with E-state index in [0.717, 1.165) is 61.2 Å². The highest BCUT2D eigenvalue weighted by Crippen LogP contribution is 2.58. The summed E-state index contributed by atoms with van der Waals surface area (Å²) >= 11 is 0. The summed E-state index contributed by atoms with van der Waals surface area (Å²) in [6.07, 6.45) is 34.3. The van der Waals surface area contributed by atoms with E-state index in [0.29, 0.717) is 0 Å². The lowest BCUT2D eigenvalue weighted by atomic mass is 9.53. The molecule has 304 valence electrons. The van der Waals surface area contributed by atoms with Crippen LogP contribution in [0.5, 0.6) is 11.5 Å². The van der Waals surface area contributed by atoms with E-state index in [2.05, 4.69) is 58.3 Å². The number of likely N-dealkylation sites (tertiary alicyclic amines) is 2. The van der Waals surface area contributed by atoms with Gasteiger partial charge in [0, 0.05) is 0 Å². The molecule has 2 aliphatic heterocycles. The summed E-state index contributed by atoms with van der Waals surface area (Å²) in [6.45, 7) is 9.63. The molecule has 8 rings (SSSR count). The summed E-state index contributed by atoms with van der Waals surface area (Å²) in [4.78, 5) is 5.42. The minimum Gasteiger partial charge on any atom is -0.494 e. The summed E-state index contributed by atoms with van der Waals surface area (Å²) in [6, 6.07) is 18.4. The maximum absolute atomic E-state index is 6.29. The van der Waals surface area contributed by atoms with Gasteiger partial charge >= 0.3 is 0 Å². The fraction of sp³-hybridized carbons (Fsp3) is 0.725. The lowest BCUT2D eigenvalue weighted by Gasteiger charge is -2.52. The average molecular weight is 751 g/mol. The van der Waals surface area contributed by atoms with Gasteiger partial charge in [0.1, 0.15) is 11.5 Å². The van der Waals surface area contributed by atoms with Gasteiger partial charge in [-0.1, -0.05) is 107 Å². The van der Waals surface area contributed by atoms with Crippen LogP contribution < -0.4 is 9.47 Å². The molecule has 55 heavy (non-hydrogen) atoms. The minimum absolute atomic E-state index is 0.765. The highest BCUT2D eigenvalue weighted by atomic mass is 16.5. The van der Waals surface area contributed by atoms with Crippen molar-refractivity contribution in [2.24, 2.45) is 23.7 Å². The first-order valence-electron chi connectivity index (χ1n) is 23.9. The SMILES string of the molecule is c1cc(C(=C2C3CC4CC(C3)CC2C4)c2ccc(OCCCCCCCCN3CCCCCC3)cc2)ccc1OCCCCCCCCN1CCCCCC1. The predicted molar refractivity (Wildman–Crippen MR) is 232 cm³/mol. The van der Waals surface area contributed by atoms with Crippen LogP contribution in [0.25, 0.3) is 5.57 Å². The van der Waals surface area contributed by atoms with E-state index in [9.17, 15) is 0 Å². The van der Waals surface area contributed by atoms with E-state index in [4.69, 9.17) is 9.47 Å². The Morgan fingerprint density at radius 1 is 0.418 bits per heavy atom. The van der Waals surface area contributed by atoms with Crippen LogP contribution in [0.15, 0.2) is 54.1 Å². The van der Waals surface area contributed by atoms with Crippen LogP contribution >= 0.6 is 0 Å². The maximum Gasteiger partial charge on any atom is 0.119 e. The first-order valence-corrected chi connectivity index (χ1v) is 23.9. The molecule has 0 radical (unpaired) electrons. The molecule has 6 aliphatic rings. The zero-order valence-electron chi connectivity index (χ0n) is 35.0. The molecule has 0 spiro atoms. The van der Waals surface area contributed by atoms with Crippen LogP contribution in [0.2, 0.25) is 0 Å². The zero-order valence-corrected chi connectivity index (χ0v) is 35.0. The number of hydrogen-bond donors (Lipinski definition) is 0. The third-order valence-electron chi connectivity index (χ3n) is 14.3. The van der Waals surface area contributed by atoms with Crippen molar-refractivity contribution in [2.75, 3.05) is 52.5 Å². The summed E-state index contributed by atoms with van der Waals surface area (Å²) in [5, 5.41) is 0. The highest BCUT2D eigenvalue weighted by molar-refractivity contribution is 5.83. The molecule has 4 saturated carbocycles. The Morgan fingerprint density at radius 2 is 0.782 bits per heavy atom. The van der Waals surface area contributed by atoms with Crippen molar-refractivity contribution in [1.29, 1.82) is 0 Å². The van der Waals surface area contributed by atoms with E-state index in [1.807, 2.05) is 0 Å². The van der Waals surface area contributed by atoms with Gasteiger partial charge in [-0.2, -0.15) is 0 Å². The number of nitrogens with zero attached hydrogens (tertiary/aromatic N) is 2. The third kappa shape index (κ3) is 12.8. The van der Waals surface area contributed by atoms with Crippen molar-refractivity contribution in [3.8, 4) is 11.5 Å². The van der Waals surface area contributed by atoms with Crippen LogP contribution in [0, 0.1) is 23.7 Å². The standard InChI is InChI=1S/C51H78N2O2/c1(5-13-29-52-31-15-7-8-16-32-52)3-11-19-35-54-48-25-21-44(22-26-48)50(51-46-38-42-37-43(40-46)41-47(51)39-42)45-23-27-49(28-24-45)55-36-20-12-4-2-6-14-30-53-33-17-9-10-18-34-53/h21-28,42-43,46-47H,1-20,29-41H2. The van der Waals surface area contributed by atoms with E-state index in [1.165, 1.54) is 204 Å². The topological polar surface area (TPSA) is 24.9 Å². The summed E-state index contributed by atoms with van der Waals surface area (Å²) in [5.74, 6) is 5.50. The fourth-order valence-electron chi connectivity index (χ4n) is 11.4. The zero-order chi connectivity index (χ0) is 37.3. The number of allylic oxidation sites excluding steroid dienone is 1. The van der Waals surface area contributed by atoms with Gasteiger partial charge in [-0.05, 0) is 187 Å². The van der Waals surface area contributed by atoms with Crippen molar-refractivity contribution in [3.05, 3.63) is 65.2 Å². The number of ether oxygens (including phenoxy) is 2. The van der Waals surface area contributed by atoms with Crippen molar-refractivity contribution in [2.45, 2.75) is 161 Å². The third-order valence-corrected chi connectivity index (χ3v) is 14.3. The summed E-state index contributed by atoms with van der Waals surface area (Å²) in [7, 11) is 0. The Morgan fingerprint density at radius 3 is 1.18 bits per heavy atom. The molecule has 0 atom stereocenters. The van der Waals surface area contributed by atoms with Crippen LogP contribution in [0.4, 0.5) is 0 Å². The average Bonchev–Trinajstić information content (AvgIpc) is 3.64. The Hall–Kier alpha value is -2.30. The second-order valence-electron chi connectivity index (χ2n) is 18.6. The van der Waals surface area contributed by atoms with Gasteiger partial charge in [-0.25, -0.2) is 0 Å². The molecular formula is C51H78N2O2. The second-order valence-corrected chi connectivity index (χ2v) is 18.6. The number of rotatable bonds is 22. The van der Waals surface area contributed by atoms with Crippen LogP contribution in [-0.2, 0) is 0 Å². The van der Waals surface area contributed by atoms with Gasteiger partial charge in [0.25, 0.3) is 0 Å². The lowest BCUT2D eigenvalue weighted by molar-refractivity contribution is 0.0705. The molecule has 4 heteroatoms. The largest absolute Gasteiger partial charge is 0.494 e. The number of unbranched alkanes of at least 4 members (excludes halogenated alkanes) is 10. The molecule has 4 nitrogen and oxygen atoms in total. The van der Waals surface area contributed by atoms with Gasteiger partial charge in [0.05, 0.1) is 13.2 Å². The first-order chi connectivity index (χ1) is 27.3. The summed E-state index contributed by atoms with van der Waals surface area (Å²) in [5.41, 5.74) is 6.02. The van der Waals surface area contributed by atoms with Crippen molar-refractivity contribution in [3.63, 3.8) is 0 Å². The van der Waals surface area contributed by atoms with Crippen molar-refractivity contribution in [1.82, 2.24) is 9.80 Å². The molecule has 2 heterocycles. The van der Waals surface area contributed by atoms with Crippen molar-refractivity contribution < 1.29 is 9.47 Å². The van der Waals surface area contributed by atoms with Gasteiger partial charge < -0.3 is 19.3 Å². The molecule has 0 aromatic heterocycles. The second kappa shape index (κ2) is 22.6. The van der Waals surface area contributed by atoms with E-state index < -0.39 is 0 Å². The minimum atomic E-state index is 0.765. The first kappa shape index (κ1) is 40.9. The Labute approximate surface area is 337 Å². The van der Waals surface area contributed by atoms with Crippen molar-refractivity contribution >= 4 is 5.57 Å². The smallest absolute Gasteiger partial charge is 0.119 e. The van der Waals surface area contributed by atoms with E-state index in [1.54, 1.807) is 5.57 Å². The molecule has 0 amide bonds. The highest BCUT2D eigenvalue weighted by Gasteiger charge is 2.46. The Kier molecular flexibility index (Phi) is 16.8. The predicted octanol–water partition coefficient (Wildman–Crippen LogP) is 13.1. The molecule has 4 aliphatic carbocycles. The molecule has 4 bridgehead atoms. The molecular weight excluding hydrogens is 673 g/mol. The van der Waals surface area contributed by atoms with Crippen LogP contribution in [0.1, 0.15) is 172 Å². The van der Waals surface area contributed by atoms with Gasteiger partial charge in [-0.3, -0.25) is 0 Å². The van der Waals surface area contributed by atoms with Crippen LogP contribution in [0.3, 0.4) is 0 Å². The number of hydrogen-bond acceptors (Lipinski definition) is 4. The van der Waals surface area contributed by atoms with Gasteiger partial charge in [0.15, 0.2) is 0 Å². The molecule has 0 N–H and O–H groups in total. The van der Waals surface area contributed by atoms with E-state index >= 15 is 0 Å². The number of benzene rings is 2. The van der Waals surface area contributed by atoms with E-state index in [-0.39, 0.29) is 0 Å². The fourth-order valence-corrected chi connectivity index (χ4v) is 11.4. The Balaban J connectivity index is 0.846. The molecule has 2 aromatic carbocycles. The lowest BCUT2D eigenvalue weighted by Crippen LogP contribution is -2.40. The molecule has 0 unspecified atom stereocenters. The molecule has 2 saturated heterocycles. The normalized spacial score (nSPS) is 24.5. The summed E-state index contributed by atoms with van der Waals surface area (Å²) < 4.78 is 12.6. The van der Waals surface area contributed by atoms with Crippen LogP contribution in [-0.4, -0.2) is 62.3 Å². The Bertz CT molecular complexity index is 1270. The van der Waals surface area contributed by atoms with Gasteiger partial charge in [0.2, 0.25) is 0 Å². The quantitative estimate of drug-likeness (QED) is 0.112. The van der Waals surface area contributed by atoms with Gasteiger partial charge in [-0.15, -0.1) is 0 Å². The molecule has 2 aromatic rings.